The summed E-state index contributed by atoms with van der Waals surface area (Å²) in [6.07, 6.45) is 0. The van der Waals surface area contributed by atoms with E-state index in [-0.39, 0.29) is 21.9 Å². The fourth-order valence-electron chi connectivity index (χ4n) is 1.56. The van der Waals surface area contributed by atoms with Crippen molar-refractivity contribution in [2.75, 3.05) is 0 Å². The monoisotopic (exact) mass is 271 g/mol. The Kier molecular flexibility index (Phi) is 3.21. The van der Waals surface area contributed by atoms with Crippen molar-refractivity contribution in [1.82, 2.24) is 4.98 Å². The van der Waals surface area contributed by atoms with E-state index in [2.05, 4.69) is 4.98 Å². The number of hydrogen-bond acceptors (Lipinski definition) is 3. The zero-order valence-electron chi connectivity index (χ0n) is 9.55. The first-order valence-corrected chi connectivity index (χ1v) is 5.85. The van der Waals surface area contributed by atoms with Crippen LogP contribution in [0.3, 0.4) is 0 Å². The zero-order chi connectivity index (χ0) is 13.4. The molecule has 2 nitrogen and oxygen atoms in total. The molecule has 0 atom stereocenters. The quantitative estimate of drug-likeness (QED) is 0.615. The van der Waals surface area contributed by atoms with E-state index in [4.69, 9.17) is 0 Å². The minimum absolute atomic E-state index is 0.0569. The fraction of sp³-hybridized carbons (Fsp3) is 0.167. The van der Waals surface area contributed by atoms with Crippen LogP contribution >= 0.6 is 11.3 Å². The Balaban J connectivity index is 2.70. The van der Waals surface area contributed by atoms with Gasteiger partial charge in [-0.25, -0.2) is 18.2 Å². The summed E-state index contributed by atoms with van der Waals surface area (Å²) in [4.78, 5) is 15.6. The second-order valence-corrected chi connectivity index (χ2v) is 4.89. The molecular formula is C12H8F3NOS. The van der Waals surface area contributed by atoms with E-state index < -0.39 is 17.5 Å². The van der Waals surface area contributed by atoms with Crippen LogP contribution in [-0.2, 0) is 0 Å². The van der Waals surface area contributed by atoms with Crippen LogP contribution in [0.1, 0.15) is 21.6 Å². The zero-order valence-corrected chi connectivity index (χ0v) is 10.4. The summed E-state index contributed by atoms with van der Waals surface area (Å²) < 4.78 is 39.6. The number of nitrogens with zero attached hydrogens (tertiary/aromatic N) is 1. The maximum absolute atomic E-state index is 13.6. The topological polar surface area (TPSA) is 30.0 Å². The van der Waals surface area contributed by atoms with Gasteiger partial charge in [-0.1, -0.05) is 0 Å². The maximum atomic E-state index is 13.6. The van der Waals surface area contributed by atoms with E-state index in [0.717, 1.165) is 23.5 Å². The Hall–Kier alpha value is -1.69. The molecule has 2 rings (SSSR count). The highest BCUT2D eigenvalue weighted by Crippen LogP contribution is 2.31. The van der Waals surface area contributed by atoms with Crippen molar-refractivity contribution in [3.05, 3.63) is 39.5 Å². The van der Waals surface area contributed by atoms with E-state index in [0.29, 0.717) is 5.01 Å². The van der Waals surface area contributed by atoms with E-state index in [1.165, 1.54) is 6.92 Å². The molecule has 0 fully saturated rings. The van der Waals surface area contributed by atoms with Crippen molar-refractivity contribution < 1.29 is 18.0 Å². The molecule has 0 amide bonds. The summed E-state index contributed by atoms with van der Waals surface area (Å²) in [7, 11) is 0. The van der Waals surface area contributed by atoms with Gasteiger partial charge in [-0.3, -0.25) is 4.79 Å². The molecule has 94 valence electrons. The smallest absolute Gasteiger partial charge is 0.195 e. The average molecular weight is 271 g/mol. The van der Waals surface area contributed by atoms with E-state index >= 15 is 0 Å². The number of Topliss-reactive ketones (excluding diaryl/α,β-unsaturated/α-hetero) is 1. The SMILES string of the molecule is CC(=O)c1sc(C)nc1-c1ccc(F)c(F)c1F. The van der Waals surface area contributed by atoms with Gasteiger partial charge in [-0.15, -0.1) is 11.3 Å². The first-order valence-electron chi connectivity index (χ1n) is 5.04. The lowest BCUT2D eigenvalue weighted by molar-refractivity contribution is 0.102. The van der Waals surface area contributed by atoms with Crippen LogP contribution in [0.4, 0.5) is 13.2 Å². The first kappa shape index (κ1) is 12.8. The number of thiazole rings is 1. The number of carbonyl (C=O) groups excluding carboxylic acids is 1. The number of carbonyl (C=O) groups is 1. The van der Waals surface area contributed by atoms with Gasteiger partial charge in [0.05, 0.1) is 15.6 Å². The van der Waals surface area contributed by atoms with Gasteiger partial charge < -0.3 is 0 Å². The molecule has 0 radical (unpaired) electrons. The second kappa shape index (κ2) is 4.53. The summed E-state index contributed by atoms with van der Waals surface area (Å²) in [6.45, 7) is 2.96. The fourth-order valence-corrected chi connectivity index (χ4v) is 2.39. The standard InChI is InChI=1S/C12H8F3NOS/c1-5(17)12-11(16-6(2)18-12)7-3-4-8(13)10(15)9(7)14/h3-4H,1-2H3. The van der Waals surface area contributed by atoms with Crippen LogP contribution in [-0.4, -0.2) is 10.8 Å². The molecule has 18 heavy (non-hydrogen) atoms. The van der Waals surface area contributed by atoms with Crippen LogP contribution in [0.25, 0.3) is 11.3 Å². The van der Waals surface area contributed by atoms with Crippen LogP contribution in [0.15, 0.2) is 12.1 Å². The number of halogens is 3. The molecule has 6 heteroatoms. The lowest BCUT2D eigenvalue weighted by Gasteiger charge is -2.03. The highest BCUT2D eigenvalue weighted by molar-refractivity contribution is 7.14. The largest absolute Gasteiger partial charge is 0.294 e. The third-order valence-corrected chi connectivity index (χ3v) is 3.42. The maximum Gasteiger partial charge on any atom is 0.195 e. The summed E-state index contributed by atoms with van der Waals surface area (Å²) in [5, 5.41) is 0.555. The predicted molar refractivity (Wildman–Crippen MR) is 62.2 cm³/mol. The number of ketones is 1. The Labute approximate surface area is 105 Å². The molecule has 0 saturated carbocycles. The minimum Gasteiger partial charge on any atom is -0.294 e. The minimum atomic E-state index is -1.56. The Morgan fingerprint density at radius 3 is 2.50 bits per heavy atom. The van der Waals surface area contributed by atoms with Gasteiger partial charge >= 0.3 is 0 Å². The Morgan fingerprint density at radius 2 is 1.89 bits per heavy atom. The number of aromatic nitrogens is 1. The highest BCUT2D eigenvalue weighted by Gasteiger charge is 2.21. The number of hydrogen-bond donors (Lipinski definition) is 0. The van der Waals surface area contributed by atoms with E-state index in [9.17, 15) is 18.0 Å². The average Bonchev–Trinajstić information content (AvgIpc) is 2.68. The number of aryl methyl sites for hydroxylation is 1. The second-order valence-electron chi connectivity index (χ2n) is 3.69. The van der Waals surface area contributed by atoms with Gasteiger partial charge in [0.25, 0.3) is 0 Å². The van der Waals surface area contributed by atoms with Gasteiger partial charge in [-0.05, 0) is 19.1 Å². The molecule has 1 aromatic carbocycles. The van der Waals surface area contributed by atoms with Crippen molar-refractivity contribution in [2.24, 2.45) is 0 Å². The molecule has 0 spiro atoms. The summed E-state index contributed by atoms with van der Waals surface area (Å²) >= 11 is 1.09. The van der Waals surface area contributed by atoms with Crippen molar-refractivity contribution in [1.29, 1.82) is 0 Å². The third kappa shape index (κ3) is 2.03. The molecule has 0 saturated heterocycles. The first-order chi connectivity index (χ1) is 8.41. The molecule has 0 aliphatic carbocycles. The normalized spacial score (nSPS) is 10.7. The number of rotatable bonds is 2. The Bertz CT molecular complexity index is 636. The molecule has 0 aliphatic rings. The molecule has 1 aromatic heterocycles. The van der Waals surface area contributed by atoms with Crippen LogP contribution in [0, 0.1) is 24.4 Å². The lowest BCUT2D eigenvalue weighted by Crippen LogP contribution is -1.98. The van der Waals surface area contributed by atoms with Gasteiger partial charge in [0.1, 0.15) is 0 Å². The summed E-state index contributed by atoms with van der Waals surface area (Å²) in [6, 6.07) is 1.89. The third-order valence-electron chi connectivity index (χ3n) is 2.34. The molecular weight excluding hydrogens is 263 g/mol. The summed E-state index contributed by atoms with van der Waals surface area (Å²) in [5.41, 5.74) is -0.148. The molecule has 0 aliphatic heterocycles. The van der Waals surface area contributed by atoms with Gasteiger partial charge in [0.15, 0.2) is 23.2 Å². The molecule has 1 heterocycles. The van der Waals surface area contributed by atoms with Crippen LogP contribution < -0.4 is 0 Å². The van der Waals surface area contributed by atoms with Crippen LogP contribution in [0.2, 0.25) is 0 Å². The van der Waals surface area contributed by atoms with Crippen LogP contribution in [0.5, 0.6) is 0 Å². The van der Waals surface area contributed by atoms with Gasteiger partial charge in [-0.2, -0.15) is 0 Å². The van der Waals surface area contributed by atoms with Gasteiger partial charge in [0.2, 0.25) is 0 Å². The van der Waals surface area contributed by atoms with Gasteiger partial charge in [0, 0.05) is 12.5 Å². The predicted octanol–water partition coefficient (Wildman–Crippen LogP) is 3.74. The summed E-state index contributed by atoms with van der Waals surface area (Å²) in [5.74, 6) is -4.46. The van der Waals surface area contributed by atoms with Crippen molar-refractivity contribution in [3.8, 4) is 11.3 Å². The molecule has 0 N–H and O–H groups in total. The van der Waals surface area contributed by atoms with E-state index in [1.54, 1.807) is 6.92 Å². The lowest BCUT2D eigenvalue weighted by atomic mass is 10.1. The number of benzene rings is 1. The molecule has 0 unspecified atom stereocenters. The van der Waals surface area contributed by atoms with E-state index in [1.807, 2.05) is 0 Å². The Morgan fingerprint density at radius 1 is 1.22 bits per heavy atom. The molecule has 2 aromatic rings. The molecule has 0 bridgehead atoms. The van der Waals surface area contributed by atoms with Crippen molar-refractivity contribution in [2.45, 2.75) is 13.8 Å². The van der Waals surface area contributed by atoms with Crippen molar-refractivity contribution in [3.63, 3.8) is 0 Å². The van der Waals surface area contributed by atoms with Crippen molar-refractivity contribution >= 4 is 17.1 Å². The highest BCUT2D eigenvalue weighted by atomic mass is 32.1.